The van der Waals surface area contributed by atoms with Crippen LogP contribution in [0.2, 0.25) is 0 Å². The Morgan fingerprint density at radius 2 is 2.12 bits per heavy atom. The Morgan fingerprint density at radius 1 is 1.25 bits per heavy atom. The van der Waals surface area contributed by atoms with E-state index in [-0.39, 0.29) is 6.03 Å². The molecule has 0 saturated carbocycles. The predicted octanol–water partition coefficient (Wildman–Crippen LogP) is 2.95. The summed E-state index contributed by atoms with van der Waals surface area (Å²) in [5.74, 6) is 2.19. The molecule has 0 aromatic heterocycles. The SMILES string of the molecule is COc1ccc(NC(=O)N2C[C@@H]3CN4CCCC[C@H]4[C@@H]3C2)cc1C. The molecule has 0 bridgehead atoms. The summed E-state index contributed by atoms with van der Waals surface area (Å²) in [6.45, 7) is 6.24. The molecule has 0 radical (unpaired) electrons. The zero-order valence-corrected chi connectivity index (χ0v) is 14.6. The first-order valence-electron chi connectivity index (χ1n) is 9.10. The number of ether oxygens (including phenoxy) is 1. The van der Waals surface area contributed by atoms with Gasteiger partial charge in [0.1, 0.15) is 5.75 Å². The zero-order chi connectivity index (χ0) is 16.7. The van der Waals surface area contributed by atoms with Crippen LogP contribution >= 0.6 is 0 Å². The third-order valence-electron chi connectivity index (χ3n) is 6.05. The average molecular weight is 329 g/mol. The number of fused-ring (bicyclic) bond motifs is 3. The number of aryl methyl sites for hydroxylation is 1. The Hall–Kier alpha value is -1.75. The molecule has 5 nitrogen and oxygen atoms in total. The van der Waals surface area contributed by atoms with Gasteiger partial charge in [-0.25, -0.2) is 4.79 Å². The van der Waals surface area contributed by atoms with Crippen molar-refractivity contribution in [3.05, 3.63) is 23.8 Å². The molecule has 2 amide bonds. The number of rotatable bonds is 2. The standard InChI is InChI=1S/C19H27N3O2/c1-13-9-15(6-7-18(13)24-2)20-19(23)22-11-14-10-21-8-4-3-5-17(21)16(14)12-22/h6-7,9,14,16-17H,3-5,8,10-12H2,1-2H3,(H,20,23)/t14-,16+,17-/m0/s1. The Morgan fingerprint density at radius 3 is 2.92 bits per heavy atom. The van der Waals surface area contributed by atoms with E-state index >= 15 is 0 Å². The molecule has 3 heterocycles. The molecule has 1 aromatic carbocycles. The van der Waals surface area contributed by atoms with Gasteiger partial charge in [-0.1, -0.05) is 6.42 Å². The number of methoxy groups -OCH3 is 1. The number of carbonyl (C=O) groups is 1. The van der Waals surface area contributed by atoms with E-state index in [0.29, 0.717) is 17.9 Å². The average Bonchev–Trinajstić information content (AvgIpc) is 3.13. The lowest BCUT2D eigenvalue weighted by Gasteiger charge is -2.33. The molecular formula is C19H27N3O2. The van der Waals surface area contributed by atoms with E-state index in [2.05, 4.69) is 10.2 Å². The lowest BCUT2D eigenvalue weighted by Crippen LogP contribution is -2.41. The van der Waals surface area contributed by atoms with Crippen molar-refractivity contribution in [3.63, 3.8) is 0 Å². The fourth-order valence-electron chi connectivity index (χ4n) is 4.88. The number of anilines is 1. The van der Waals surface area contributed by atoms with Gasteiger partial charge in [0.05, 0.1) is 7.11 Å². The summed E-state index contributed by atoms with van der Waals surface area (Å²) in [4.78, 5) is 17.3. The summed E-state index contributed by atoms with van der Waals surface area (Å²) in [7, 11) is 1.66. The Labute approximate surface area is 144 Å². The second kappa shape index (κ2) is 6.28. The second-order valence-electron chi connectivity index (χ2n) is 7.50. The molecule has 0 unspecified atom stereocenters. The van der Waals surface area contributed by atoms with Crippen LogP contribution in [-0.2, 0) is 0 Å². The van der Waals surface area contributed by atoms with Gasteiger partial charge in [0.2, 0.25) is 0 Å². The van der Waals surface area contributed by atoms with E-state index in [0.717, 1.165) is 30.1 Å². The van der Waals surface area contributed by atoms with E-state index < -0.39 is 0 Å². The number of nitrogens with one attached hydrogen (secondary N) is 1. The van der Waals surface area contributed by atoms with Gasteiger partial charge in [0.25, 0.3) is 0 Å². The van der Waals surface area contributed by atoms with Crippen molar-refractivity contribution in [3.8, 4) is 5.75 Å². The number of piperidine rings is 1. The minimum atomic E-state index is 0.0383. The van der Waals surface area contributed by atoms with Crippen LogP contribution in [0.25, 0.3) is 0 Å². The van der Waals surface area contributed by atoms with E-state index in [1.807, 2.05) is 30.0 Å². The summed E-state index contributed by atoms with van der Waals surface area (Å²) in [5, 5.41) is 3.06. The van der Waals surface area contributed by atoms with Gasteiger partial charge in [0.15, 0.2) is 0 Å². The highest BCUT2D eigenvalue weighted by Crippen LogP contribution is 2.40. The summed E-state index contributed by atoms with van der Waals surface area (Å²) < 4.78 is 5.28. The van der Waals surface area contributed by atoms with Crippen molar-refractivity contribution in [2.24, 2.45) is 11.8 Å². The number of hydrogen-bond donors (Lipinski definition) is 1. The highest BCUT2D eigenvalue weighted by Gasteiger charge is 2.48. The third kappa shape index (κ3) is 2.75. The topological polar surface area (TPSA) is 44.8 Å². The highest BCUT2D eigenvalue weighted by molar-refractivity contribution is 5.89. The summed E-state index contributed by atoms with van der Waals surface area (Å²) in [6.07, 6.45) is 4.01. The number of likely N-dealkylation sites (tertiary alicyclic amines) is 1. The fraction of sp³-hybridized carbons (Fsp3) is 0.632. The van der Waals surface area contributed by atoms with Crippen molar-refractivity contribution in [1.29, 1.82) is 0 Å². The minimum Gasteiger partial charge on any atom is -0.496 e. The van der Waals surface area contributed by atoms with Crippen LogP contribution in [0.5, 0.6) is 5.75 Å². The molecule has 3 fully saturated rings. The molecule has 3 atom stereocenters. The predicted molar refractivity (Wildman–Crippen MR) is 94.5 cm³/mol. The van der Waals surface area contributed by atoms with Crippen LogP contribution in [-0.4, -0.2) is 55.2 Å². The smallest absolute Gasteiger partial charge is 0.321 e. The van der Waals surface area contributed by atoms with Gasteiger partial charge < -0.3 is 15.0 Å². The zero-order valence-electron chi connectivity index (χ0n) is 14.6. The summed E-state index contributed by atoms with van der Waals surface area (Å²) in [6, 6.07) is 6.53. The lowest BCUT2D eigenvalue weighted by molar-refractivity contribution is 0.157. The van der Waals surface area contributed by atoms with Crippen molar-refractivity contribution in [1.82, 2.24) is 9.80 Å². The molecule has 130 valence electrons. The van der Waals surface area contributed by atoms with Crippen molar-refractivity contribution < 1.29 is 9.53 Å². The number of carbonyl (C=O) groups excluding carboxylic acids is 1. The summed E-state index contributed by atoms with van der Waals surface area (Å²) in [5.41, 5.74) is 1.88. The van der Waals surface area contributed by atoms with Crippen LogP contribution in [0.15, 0.2) is 18.2 Å². The van der Waals surface area contributed by atoms with Crippen molar-refractivity contribution >= 4 is 11.7 Å². The molecule has 1 aromatic rings. The number of urea groups is 1. The molecule has 3 saturated heterocycles. The van der Waals surface area contributed by atoms with E-state index in [9.17, 15) is 4.79 Å². The third-order valence-corrected chi connectivity index (χ3v) is 6.05. The maximum Gasteiger partial charge on any atom is 0.321 e. The lowest BCUT2D eigenvalue weighted by atomic mass is 9.90. The van der Waals surface area contributed by atoms with Crippen LogP contribution in [0.4, 0.5) is 10.5 Å². The first kappa shape index (κ1) is 15.8. The monoisotopic (exact) mass is 329 g/mol. The van der Waals surface area contributed by atoms with Crippen LogP contribution in [0, 0.1) is 18.8 Å². The van der Waals surface area contributed by atoms with E-state index in [1.54, 1.807) is 7.11 Å². The number of amides is 2. The largest absolute Gasteiger partial charge is 0.496 e. The Balaban J connectivity index is 1.39. The van der Waals surface area contributed by atoms with Gasteiger partial charge in [-0.15, -0.1) is 0 Å². The van der Waals surface area contributed by atoms with Crippen LogP contribution < -0.4 is 10.1 Å². The minimum absolute atomic E-state index is 0.0383. The van der Waals surface area contributed by atoms with Crippen LogP contribution in [0.3, 0.4) is 0 Å². The Bertz CT molecular complexity index is 633. The normalized spacial score (nSPS) is 29.2. The number of benzene rings is 1. The molecule has 4 rings (SSSR count). The fourth-order valence-corrected chi connectivity index (χ4v) is 4.88. The quantitative estimate of drug-likeness (QED) is 0.907. The molecule has 0 aliphatic carbocycles. The maximum absolute atomic E-state index is 12.6. The molecule has 3 aliphatic rings. The van der Waals surface area contributed by atoms with Gasteiger partial charge in [-0.05, 0) is 61.9 Å². The first-order chi connectivity index (χ1) is 11.7. The van der Waals surface area contributed by atoms with Crippen LogP contribution in [0.1, 0.15) is 24.8 Å². The van der Waals surface area contributed by atoms with Gasteiger partial charge in [-0.2, -0.15) is 0 Å². The molecular weight excluding hydrogens is 302 g/mol. The number of nitrogens with zero attached hydrogens (tertiary/aromatic N) is 2. The molecule has 24 heavy (non-hydrogen) atoms. The molecule has 0 spiro atoms. The van der Waals surface area contributed by atoms with Gasteiger partial charge in [-0.3, -0.25) is 4.90 Å². The molecule has 3 aliphatic heterocycles. The van der Waals surface area contributed by atoms with Gasteiger partial charge >= 0.3 is 6.03 Å². The first-order valence-corrected chi connectivity index (χ1v) is 9.10. The highest BCUT2D eigenvalue weighted by atomic mass is 16.5. The van der Waals surface area contributed by atoms with E-state index in [4.69, 9.17) is 4.74 Å². The second-order valence-corrected chi connectivity index (χ2v) is 7.50. The molecule has 1 N–H and O–H groups in total. The van der Waals surface area contributed by atoms with Crippen molar-refractivity contribution in [2.75, 3.05) is 38.6 Å². The molecule has 5 heteroatoms. The summed E-state index contributed by atoms with van der Waals surface area (Å²) >= 11 is 0. The maximum atomic E-state index is 12.6. The van der Waals surface area contributed by atoms with E-state index in [1.165, 1.54) is 32.4 Å². The van der Waals surface area contributed by atoms with Gasteiger partial charge in [0, 0.05) is 31.4 Å². The Kier molecular flexibility index (Phi) is 4.12. The van der Waals surface area contributed by atoms with Crippen molar-refractivity contribution in [2.45, 2.75) is 32.2 Å². The number of hydrogen-bond acceptors (Lipinski definition) is 3.